The van der Waals surface area contributed by atoms with Gasteiger partial charge in [-0.15, -0.1) is 0 Å². The third-order valence-electron chi connectivity index (χ3n) is 3.52. The molecule has 1 atom stereocenters. The number of carboxylic acids is 1. The van der Waals surface area contributed by atoms with Crippen molar-refractivity contribution in [3.8, 4) is 0 Å². The van der Waals surface area contributed by atoms with E-state index < -0.39 is 17.9 Å². The molecule has 11 heteroatoms. The largest absolute Gasteiger partial charge is 0.480 e. The molecule has 0 aromatic carbocycles. The molecule has 0 heterocycles. The number of guanidine groups is 1. The molecule has 11 nitrogen and oxygen atoms in total. The van der Waals surface area contributed by atoms with Gasteiger partial charge in [-0.05, 0) is 12.8 Å². The van der Waals surface area contributed by atoms with Gasteiger partial charge in [0.25, 0.3) is 0 Å². The van der Waals surface area contributed by atoms with Crippen LogP contribution in [0.1, 0.15) is 12.8 Å². The van der Waals surface area contributed by atoms with Gasteiger partial charge in [0.2, 0.25) is 5.91 Å². The number of hydrogen-bond donors (Lipinski definition) is 4. The van der Waals surface area contributed by atoms with Crippen LogP contribution in [-0.4, -0.2) is 101 Å². The fourth-order valence-corrected chi connectivity index (χ4v) is 2.18. The highest BCUT2D eigenvalue weighted by Crippen LogP contribution is 2.09. The van der Waals surface area contributed by atoms with Gasteiger partial charge in [0, 0.05) is 27.3 Å². The number of hydrogen-bond acceptors (Lipinski definition) is 7. The zero-order chi connectivity index (χ0) is 20.5. The molecular formula is C16H32N4O7. The van der Waals surface area contributed by atoms with Crippen LogP contribution in [0.25, 0.3) is 0 Å². The van der Waals surface area contributed by atoms with Gasteiger partial charge in [-0.25, -0.2) is 4.79 Å². The monoisotopic (exact) mass is 392 g/mol. The minimum Gasteiger partial charge on any atom is -0.480 e. The van der Waals surface area contributed by atoms with Crippen LogP contribution in [0.5, 0.6) is 0 Å². The average molecular weight is 392 g/mol. The van der Waals surface area contributed by atoms with E-state index in [-0.39, 0.29) is 38.7 Å². The molecule has 1 amide bonds. The lowest BCUT2D eigenvalue weighted by Gasteiger charge is -2.29. The predicted molar refractivity (Wildman–Crippen MR) is 97.7 cm³/mol. The SMILES string of the molecule is COCCOCCN(C(=O)COCCOC)[C@@H](CCCNC(=N)N)C(=O)O. The molecule has 0 aliphatic carbocycles. The van der Waals surface area contributed by atoms with Crippen molar-refractivity contribution in [3.63, 3.8) is 0 Å². The average Bonchev–Trinajstić information content (AvgIpc) is 2.62. The molecule has 0 aromatic heterocycles. The summed E-state index contributed by atoms with van der Waals surface area (Å²) in [6, 6.07) is -1.02. The fraction of sp³-hybridized carbons (Fsp3) is 0.812. The van der Waals surface area contributed by atoms with Gasteiger partial charge in [0.15, 0.2) is 5.96 Å². The molecule has 0 spiro atoms. The van der Waals surface area contributed by atoms with Crippen molar-refractivity contribution >= 4 is 17.8 Å². The highest BCUT2D eigenvalue weighted by molar-refractivity contribution is 5.84. The van der Waals surface area contributed by atoms with Gasteiger partial charge in [0.05, 0.1) is 33.0 Å². The summed E-state index contributed by atoms with van der Waals surface area (Å²) in [6.45, 7) is 1.74. The third kappa shape index (κ3) is 12.9. The summed E-state index contributed by atoms with van der Waals surface area (Å²) in [7, 11) is 3.07. The standard InChI is InChI=1S/C16H32N4O7/c1-24-8-10-26-7-6-20(14(21)12-27-11-9-25-2)13(15(22)23)4-3-5-19-16(17)18/h13H,3-12H2,1-2H3,(H,22,23)(H4,17,18,19)/t13-/m0/s1. The lowest BCUT2D eigenvalue weighted by molar-refractivity contribution is -0.153. The minimum atomic E-state index is -1.11. The summed E-state index contributed by atoms with van der Waals surface area (Å²) >= 11 is 0. The van der Waals surface area contributed by atoms with Gasteiger partial charge in [-0.1, -0.05) is 0 Å². The Kier molecular flexibility index (Phi) is 15.1. The molecule has 0 saturated heterocycles. The number of carboxylic acid groups (broad SMARTS) is 1. The highest BCUT2D eigenvalue weighted by atomic mass is 16.5. The molecule has 0 unspecified atom stereocenters. The van der Waals surface area contributed by atoms with Crippen molar-refractivity contribution in [1.82, 2.24) is 10.2 Å². The van der Waals surface area contributed by atoms with E-state index in [0.717, 1.165) is 0 Å². The molecule has 5 N–H and O–H groups in total. The van der Waals surface area contributed by atoms with Crippen molar-refractivity contribution in [2.75, 3.05) is 67.0 Å². The normalized spacial score (nSPS) is 11.8. The van der Waals surface area contributed by atoms with Crippen LogP contribution in [0.2, 0.25) is 0 Å². The van der Waals surface area contributed by atoms with E-state index in [9.17, 15) is 14.7 Å². The predicted octanol–water partition coefficient (Wildman–Crippen LogP) is -1.14. The summed E-state index contributed by atoms with van der Waals surface area (Å²) in [4.78, 5) is 25.4. The Morgan fingerprint density at radius 2 is 1.74 bits per heavy atom. The molecule has 0 aliphatic rings. The lowest BCUT2D eigenvalue weighted by Crippen LogP contribution is -2.48. The summed E-state index contributed by atoms with van der Waals surface area (Å²) in [5, 5.41) is 19.3. The van der Waals surface area contributed by atoms with E-state index in [4.69, 9.17) is 30.1 Å². The molecule has 0 aromatic rings. The fourth-order valence-electron chi connectivity index (χ4n) is 2.18. The second-order valence-corrected chi connectivity index (χ2v) is 5.57. The number of methoxy groups -OCH3 is 2. The first-order valence-corrected chi connectivity index (χ1v) is 8.67. The van der Waals surface area contributed by atoms with Crippen molar-refractivity contribution in [1.29, 1.82) is 5.41 Å². The van der Waals surface area contributed by atoms with Crippen LogP contribution in [0.3, 0.4) is 0 Å². The number of rotatable bonds is 17. The maximum absolute atomic E-state index is 12.5. The van der Waals surface area contributed by atoms with Crippen LogP contribution in [0.4, 0.5) is 0 Å². The van der Waals surface area contributed by atoms with Crippen LogP contribution >= 0.6 is 0 Å². The zero-order valence-electron chi connectivity index (χ0n) is 16.1. The van der Waals surface area contributed by atoms with Gasteiger partial charge in [0.1, 0.15) is 12.6 Å². The maximum atomic E-state index is 12.5. The van der Waals surface area contributed by atoms with E-state index in [1.807, 2.05) is 0 Å². The first-order chi connectivity index (χ1) is 12.9. The Hall–Kier alpha value is -1.95. The number of nitrogens with zero attached hydrogens (tertiary/aromatic N) is 1. The number of amides is 1. The quantitative estimate of drug-likeness (QED) is 0.136. The van der Waals surface area contributed by atoms with Crippen LogP contribution in [0, 0.1) is 5.41 Å². The Morgan fingerprint density at radius 3 is 2.30 bits per heavy atom. The molecule has 0 bridgehead atoms. The van der Waals surface area contributed by atoms with Gasteiger partial charge >= 0.3 is 5.97 Å². The second kappa shape index (κ2) is 16.2. The van der Waals surface area contributed by atoms with Gasteiger partial charge < -0.3 is 40.0 Å². The van der Waals surface area contributed by atoms with Crippen molar-refractivity contribution < 1.29 is 33.6 Å². The van der Waals surface area contributed by atoms with Crippen molar-refractivity contribution in [2.45, 2.75) is 18.9 Å². The number of aliphatic carboxylic acids is 1. The van der Waals surface area contributed by atoms with Crippen LogP contribution in [0.15, 0.2) is 0 Å². The van der Waals surface area contributed by atoms with Gasteiger partial charge in [-0.2, -0.15) is 0 Å². The van der Waals surface area contributed by atoms with Crippen LogP contribution < -0.4 is 11.1 Å². The Bertz CT molecular complexity index is 437. The number of ether oxygens (including phenoxy) is 4. The van der Waals surface area contributed by atoms with E-state index in [2.05, 4.69) is 5.32 Å². The minimum absolute atomic E-state index is 0.118. The Balaban J connectivity index is 4.75. The summed E-state index contributed by atoms with van der Waals surface area (Å²) in [5.41, 5.74) is 5.20. The number of nitrogens with two attached hydrogens (primary N) is 1. The zero-order valence-corrected chi connectivity index (χ0v) is 16.1. The smallest absolute Gasteiger partial charge is 0.326 e. The Morgan fingerprint density at radius 1 is 1.11 bits per heavy atom. The third-order valence-corrected chi connectivity index (χ3v) is 3.52. The molecule has 0 saturated carbocycles. The van der Waals surface area contributed by atoms with Crippen LogP contribution in [-0.2, 0) is 28.5 Å². The van der Waals surface area contributed by atoms with Crippen molar-refractivity contribution in [2.24, 2.45) is 5.73 Å². The molecule has 0 fully saturated rings. The van der Waals surface area contributed by atoms with Crippen molar-refractivity contribution in [3.05, 3.63) is 0 Å². The molecule has 27 heavy (non-hydrogen) atoms. The second-order valence-electron chi connectivity index (χ2n) is 5.57. The number of carbonyl (C=O) groups is 2. The molecule has 0 rings (SSSR count). The Labute approximate surface area is 159 Å². The van der Waals surface area contributed by atoms with E-state index in [1.54, 1.807) is 7.11 Å². The molecular weight excluding hydrogens is 360 g/mol. The van der Waals surface area contributed by atoms with E-state index in [0.29, 0.717) is 32.8 Å². The molecule has 0 aliphatic heterocycles. The van der Waals surface area contributed by atoms with E-state index in [1.165, 1.54) is 12.0 Å². The number of nitrogens with one attached hydrogen (secondary N) is 2. The van der Waals surface area contributed by atoms with E-state index >= 15 is 0 Å². The maximum Gasteiger partial charge on any atom is 0.326 e. The highest BCUT2D eigenvalue weighted by Gasteiger charge is 2.29. The summed E-state index contributed by atoms with van der Waals surface area (Å²) < 4.78 is 20.3. The molecule has 0 radical (unpaired) electrons. The molecule has 158 valence electrons. The summed E-state index contributed by atoms with van der Waals surface area (Å²) in [6.07, 6.45) is 0.632. The van der Waals surface area contributed by atoms with Gasteiger partial charge in [-0.3, -0.25) is 10.2 Å². The lowest BCUT2D eigenvalue weighted by atomic mass is 10.1. The summed E-state index contributed by atoms with van der Waals surface area (Å²) in [5.74, 6) is -1.73. The first-order valence-electron chi connectivity index (χ1n) is 8.67. The number of carbonyl (C=O) groups excluding carboxylic acids is 1. The first kappa shape index (κ1) is 25.1. The topological polar surface area (TPSA) is 156 Å².